The van der Waals surface area contributed by atoms with Crippen molar-refractivity contribution in [1.82, 2.24) is 10.3 Å². The van der Waals surface area contributed by atoms with Crippen LogP contribution in [0.15, 0.2) is 24.3 Å². The van der Waals surface area contributed by atoms with Gasteiger partial charge in [-0.15, -0.1) is 0 Å². The SMILES string of the molecule is CNC(=O)c1cc2c(O)cccc2[nH]1. The van der Waals surface area contributed by atoms with Crippen molar-refractivity contribution in [2.45, 2.75) is 0 Å². The molecule has 0 aliphatic heterocycles. The number of phenolic OH excluding ortho intramolecular Hbond substituents is 1. The molecular weight excluding hydrogens is 180 g/mol. The molecule has 1 amide bonds. The van der Waals surface area contributed by atoms with Gasteiger partial charge in [0.2, 0.25) is 0 Å². The number of rotatable bonds is 1. The van der Waals surface area contributed by atoms with Crippen LogP contribution >= 0.6 is 0 Å². The Balaban J connectivity index is 2.62. The fraction of sp³-hybridized carbons (Fsp3) is 0.100. The van der Waals surface area contributed by atoms with Crippen LogP contribution in [0.3, 0.4) is 0 Å². The van der Waals surface area contributed by atoms with Gasteiger partial charge in [0.1, 0.15) is 11.4 Å². The monoisotopic (exact) mass is 190 g/mol. The van der Waals surface area contributed by atoms with Gasteiger partial charge >= 0.3 is 0 Å². The Bertz CT molecular complexity index is 488. The smallest absolute Gasteiger partial charge is 0.267 e. The lowest BCUT2D eigenvalue weighted by Gasteiger charge is -1.92. The molecule has 0 bridgehead atoms. The number of hydrogen-bond donors (Lipinski definition) is 3. The highest BCUT2D eigenvalue weighted by molar-refractivity contribution is 5.99. The number of amides is 1. The summed E-state index contributed by atoms with van der Waals surface area (Å²) in [6, 6.07) is 6.75. The first-order chi connectivity index (χ1) is 6.72. The lowest BCUT2D eigenvalue weighted by atomic mass is 10.2. The van der Waals surface area contributed by atoms with Crippen molar-refractivity contribution in [3.8, 4) is 5.75 Å². The van der Waals surface area contributed by atoms with E-state index in [-0.39, 0.29) is 11.7 Å². The van der Waals surface area contributed by atoms with E-state index in [0.29, 0.717) is 11.1 Å². The van der Waals surface area contributed by atoms with Crippen molar-refractivity contribution in [3.05, 3.63) is 30.0 Å². The summed E-state index contributed by atoms with van der Waals surface area (Å²) in [5.41, 5.74) is 1.20. The number of aromatic hydroxyl groups is 1. The molecule has 0 saturated carbocycles. The van der Waals surface area contributed by atoms with E-state index >= 15 is 0 Å². The van der Waals surface area contributed by atoms with Crippen molar-refractivity contribution in [2.75, 3.05) is 7.05 Å². The van der Waals surface area contributed by atoms with Gasteiger partial charge in [0.15, 0.2) is 0 Å². The molecule has 2 rings (SSSR count). The highest BCUT2D eigenvalue weighted by atomic mass is 16.3. The van der Waals surface area contributed by atoms with Gasteiger partial charge in [-0.3, -0.25) is 4.79 Å². The standard InChI is InChI=1S/C10H10N2O2/c1-11-10(14)8-5-6-7(12-8)3-2-4-9(6)13/h2-5,12-13H,1H3,(H,11,14). The highest BCUT2D eigenvalue weighted by Gasteiger charge is 2.08. The number of aromatic nitrogens is 1. The predicted octanol–water partition coefficient (Wildman–Crippen LogP) is 1.23. The molecule has 0 radical (unpaired) electrons. The number of nitrogens with one attached hydrogen (secondary N) is 2. The van der Waals surface area contributed by atoms with E-state index in [4.69, 9.17) is 0 Å². The maximum Gasteiger partial charge on any atom is 0.267 e. The molecule has 0 saturated heterocycles. The zero-order chi connectivity index (χ0) is 10.1. The topological polar surface area (TPSA) is 65.1 Å². The summed E-state index contributed by atoms with van der Waals surface area (Å²) in [4.78, 5) is 14.2. The van der Waals surface area contributed by atoms with Gasteiger partial charge in [-0.05, 0) is 18.2 Å². The van der Waals surface area contributed by atoms with Gasteiger partial charge in [-0.1, -0.05) is 6.07 Å². The number of phenols is 1. The fourth-order valence-corrected chi connectivity index (χ4v) is 1.40. The predicted molar refractivity (Wildman–Crippen MR) is 53.4 cm³/mol. The van der Waals surface area contributed by atoms with E-state index in [0.717, 1.165) is 5.52 Å². The Kier molecular flexibility index (Phi) is 1.89. The number of hydrogen-bond acceptors (Lipinski definition) is 2. The molecule has 72 valence electrons. The Labute approximate surface area is 80.6 Å². The van der Waals surface area contributed by atoms with Crippen LogP contribution in [0.25, 0.3) is 10.9 Å². The molecule has 2 aromatic rings. The second-order valence-corrected chi connectivity index (χ2v) is 3.00. The molecule has 0 fully saturated rings. The molecule has 14 heavy (non-hydrogen) atoms. The molecule has 0 aliphatic rings. The van der Waals surface area contributed by atoms with Crippen molar-refractivity contribution < 1.29 is 9.90 Å². The van der Waals surface area contributed by atoms with E-state index in [1.807, 2.05) is 6.07 Å². The number of carbonyl (C=O) groups excluding carboxylic acids is 1. The highest BCUT2D eigenvalue weighted by Crippen LogP contribution is 2.24. The molecule has 0 aliphatic carbocycles. The summed E-state index contributed by atoms with van der Waals surface area (Å²) in [6.45, 7) is 0. The van der Waals surface area contributed by atoms with E-state index in [1.165, 1.54) is 0 Å². The second kappa shape index (κ2) is 3.06. The summed E-state index contributed by atoms with van der Waals surface area (Å²) in [7, 11) is 1.56. The Morgan fingerprint density at radius 1 is 1.50 bits per heavy atom. The molecule has 0 atom stereocenters. The van der Waals surface area contributed by atoms with Gasteiger partial charge in [0, 0.05) is 18.0 Å². The minimum absolute atomic E-state index is 0.175. The third kappa shape index (κ3) is 1.21. The van der Waals surface area contributed by atoms with Crippen LogP contribution in [0, 0.1) is 0 Å². The molecule has 1 heterocycles. The van der Waals surface area contributed by atoms with E-state index in [1.54, 1.807) is 25.2 Å². The van der Waals surface area contributed by atoms with Crippen molar-refractivity contribution in [2.24, 2.45) is 0 Å². The minimum atomic E-state index is -0.194. The second-order valence-electron chi connectivity index (χ2n) is 3.00. The van der Waals surface area contributed by atoms with Crippen molar-refractivity contribution in [3.63, 3.8) is 0 Å². The van der Waals surface area contributed by atoms with Crippen LogP contribution in [-0.2, 0) is 0 Å². The van der Waals surface area contributed by atoms with Gasteiger partial charge in [-0.25, -0.2) is 0 Å². The largest absolute Gasteiger partial charge is 0.507 e. The van der Waals surface area contributed by atoms with Crippen LogP contribution in [0.5, 0.6) is 5.75 Å². The molecule has 0 spiro atoms. The molecular formula is C10H10N2O2. The molecule has 1 aromatic carbocycles. The third-order valence-corrected chi connectivity index (χ3v) is 2.11. The first kappa shape index (κ1) is 8.62. The molecule has 1 aromatic heterocycles. The summed E-state index contributed by atoms with van der Waals surface area (Å²) in [6.07, 6.45) is 0. The lowest BCUT2D eigenvalue weighted by Crippen LogP contribution is -2.17. The summed E-state index contributed by atoms with van der Waals surface area (Å²) in [5.74, 6) is -0.0190. The van der Waals surface area contributed by atoms with Crippen molar-refractivity contribution in [1.29, 1.82) is 0 Å². The van der Waals surface area contributed by atoms with E-state index in [9.17, 15) is 9.90 Å². The number of fused-ring (bicyclic) bond motifs is 1. The molecule has 3 N–H and O–H groups in total. The van der Waals surface area contributed by atoms with Crippen molar-refractivity contribution >= 4 is 16.8 Å². The van der Waals surface area contributed by atoms with Crippen LogP contribution in [0.1, 0.15) is 10.5 Å². The van der Waals surface area contributed by atoms with Crippen LogP contribution in [-0.4, -0.2) is 23.0 Å². The normalized spacial score (nSPS) is 10.4. The minimum Gasteiger partial charge on any atom is -0.507 e. The number of aromatic amines is 1. The number of carbonyl (C=O) groups is 1. The quantitative estimate of drug-likeness (QED) is 0.633. The molecule has 4 heteroatoms. The summed E-state index contributed by atoms with van der Waals surface area (Å²) >= 11 is 0. The Morgan fingerprint density at radius 2 is 2.29 bits per heavy atom. The third-order valence-electron chi connectivity index (χ3n) is 2.11. The van der Waals surface area contributed by atoms with Crippen LogP contribution in [0.2, 0.25) is 0 Å². The maximum absolute atomic E-state index is 11.3. The number of benzene rings is 1. The zero-order valence-corrected chi connectivity index (χ0v) is 7.66. The molecule has 4 nitrogen and oxygen atoms in total. The van der Waals surface area contributed by atoms with Gasteiger partial charge in [-0.2, -0.15) is 0 Å². The van der Waals surface area contributed by atoms with Gasteiger partial charge in [0.25, 0.3) is 5.91 Å². The first-order valence-corrected chi connectivity index (χ1v) is 4.25. The van der Waals surface area contributed by atoms with Crippen LogP contribution < -0.4 is 5.32 Å². The first-order valence-electron chi connectivity index (χ1n) is 4.25. The maximum atomic E-state index is 11.3. The Hall–Kier alpha value is -1.97. The zero-order valence-electron chi connectivity index (χ0n) is 7.66. The average molecular weight is 190 g/mol. The summed E-state index contributed by atoms with van der Waals surface area (Å²) in [5, 5.41) is 12.7. The lowest BCUT2D eigenvalue weighted by molar-refractivity contribution is 0.0959. The van der Waals surface area contributed by atoms with Crippen LogP contribution in [0.4, 0.5) is 0 Å². The number of H-pyrrole nitrogens is 1. The Morgan fingerprint density at radius 3 is 2.93 bits per heavy atom. The summed E-state index contributed by atoms with van der Waals surface area (Å²) < 4.78 is 0. The van der Waals surface area contributed by atoms with E-state index in [2.05, 4.69) is 10.3 Å². The fourth-order valence-electron chi connectivity index (χ4n) is 1.40. The van der Waals surface area contributed by atoms with E-state index < -0.39 is 0 Å². The van der Waals surface area contributed by atoms with Gasteiger partial charge in [0.05, 0.1) is 0 Å². The van der Waals surface area contributed by atoms with Gasteiger partial charge < -0.3 is 15.4 Å². The average Bonchev–Trinajstić information content (AvgIpc) is 2.62. The molecule has 0 unspecified atom stereocenters.